The molecule has 2 radical (unpaired) electrons. The molecule has 0 aromatic heterocycles. The topological polar surface area (TPSA) is 0 Å². The van der Waals surface area contributed by atoms with Crippen LogP contribution in [-0.4, -0.2) is 7.85 Å². The van der Waals surface area contributed by atoms with E-state index in [1.807, 2.05) is 25.1 Å². The third kappa shape index (κ3) is 2.26. The van der Waals surface area contributed by atoms with Crippen LogP contribution in [-0.2, 0) is 6.42 Å². The zero-order chi connectivity index (χ0) is 7.40. The van der Waals surface area contributed by atoms with E-state index < -0.39 is 0 Å². The molecular weight excluding hydrogens is 119 g/mol. The Morgan fingerprint density at radius 3 is 2.40 bits per heavy atom. The number of hydrogen-bond donors (Lipinski definition) is 0. The molecule has 0 unspecified atom stereocenters. The van der Waals surface area contributed by atoms with Crippen LogP contribution >= 0.6 is 0 Å². The minimum atomic E-state index is 0.266. The van der Waals surface area contributed by atoms with Gasteiger partial charge < -0.3 is 0 Å². The quantitative estimate of drug-likeness (QED) is 0.538. The van der Waals surface area contributed by atoms with Crippen molar-refractivity contribution in [2.24, 2.45) is 0 Å². The Balaban J connectivity index is 2.59. The molecule has 0 heterocycles. The standard InChI is InChI=1S/C9H11B/c1-8(10)7-9-5-3-2-4-6-9/h2-6,8H,7H2,1H3/t8-/m1/s1. The van der Waals surface area contributed by atoms with Crippen molar-refractivity contribution in [3.63, 3.8) is 0 Å². The summed E-state index contributed by atoms with van der Waals surface area (Å²) in [7, 11) is 5.62. The molecule has 0 aliphatic heterocycles. The van der Waals surface area contributed by atoms with Gasteiger partial charge in [0, 0.05) is 0 Å². The van der Waals surface area contributed by atoms with E-state index in [0.717, 1.165) is 6.42 Å². The summed E-state index contributed by atoms with van der Waals surface area (Å²) in [6.07, 6.45) is 0.973. The van der Waals surface area contributed by atoms with Crippen LogP contribution < -0.4 is 0 Å². The van der Waals surface area contributed by atoms with E-state index in [1.54, 1.807) is 0 Å². The molecule has 1 heteroatoms. The van der Waals surface area contributed by atoms with Crippen LogP contribution in [0.4, 0.5) is 0 Å². The van der Waals surface area contributed by atoms with E-state index in [9.17, 15) is 0 Å². The summed E-state index contributed by atoms with van der Waals surface area (Å²) in [5, 5.41) is 0. The van der Waals surface area contributed by atoms with Gasteiger partial charge >= 0.3 is 0 Å². The molecular formula is C9H11B. The Kier molecular flexibility index (Phi) is 2.55. The molecule has 0 aliphatic carbocycles. The number of rotatable bonds is 2. The van der Waals surface area contributed by atoms with Gasteiger partial charge in [0.25, 0.3) is 0 Å². The molecule has 0 amide bonds. The molecule has 0 spiro atoms. The molecule has 50 valence electrons. The maximum Gasteiger partial charge on any atom is 0.0700 e. The molecule has 0 saturated heterocycles. The first kappa shape index (κ1) is 7.39. The highest BCUT2D eigenvalue weighted by Gasteiger charge is 1.93. The molecule has 0 nitrogen and oxygen atoms in total. The van der Waals surface area contributed by atoms with Crippen LogP contribution in [0.3, 0.4) is 0 Å². The molecule has 1 rings (SSSR count). The zero-order valence-electron chi connectivity index (χ0n) is 6.25. The van der Waals surface area contributed by atoms with Crippen LogP contribution in [0.5, 0.6) is 0 Å². The number of hydrogen-bond acceptors (Lipinski definition) is 0. The third-order valence-corrected chi connectivity index (χ3v) is 1.40. The lowest BCUT2D eigenvalue weighted by Crippen LogP contribution is -1.90. The van der Waals surface area contributed by atoms with Gasteiger partial charge in [0.2, 0.25) is 0 Å². The fourth-order valence-electron chi connectivity index (χ4n) is 0.986. The second-order valence-corrected chi connectivity index (χ2v) is 2.67. The maximum absolute atomic E-state index is 5.62. The molecule has 0 fully saturated rings. The third-order valence-electron chi connectivity index (χ3n) is 1.40. The van der Waals surface area contributed by atoms with Crippen LogP contribution in [0.2, 0.25) is 5.82 Å². The summed E-state index contributed by atoms with van der Waals surface area (Å²) in [6, 6.07) is 10.3. The second kappa shape index (κ2) is 3.45. The predicted octanol–water partition coefficient (Wildman–Crippen LogP) is 2.21. The van der Waals surface area contributed by atoms with E-state index in [1.165, 1.54) is 5.56 Å². The summed E-state index contributed by atoms with van der Waals surface area (Å²) in [5.41, 5.74) is 1.32. The Hall–Kier alpha value is -0.715. The summed E-state index contributed by atoms with van der Waals surface area (Å²) >= 11 is 0. The Labute approximate surface area is 63.7 Å². The maximum atomic E-state index is 5.62. The van der Waals surface area contributed by atoms with Crippen LogP contribution in [0.15, 0.2) is 30.3 Å². The minimum absolute atomic E-state index is 0.266. The zero-order valence-corrected chi connectivity index (χ0v) is 6.25. The average Bonchev–Trinajstić information content (AvgIpc) is 1.88. The number of benzene rings is 1. The lowest BCUT2D eigenvalue weighted by Gasteiger charge is -2.02. The first-order valence-corrected chi connectivity index (χ1v) is 3.58. The second-order valence-electron chi connectivity index (χ2n) is 2.67. The summed E-state index contributed by atoms with van der Waals surface area (Å²) in [5.74, 6) is 0.266. The molecule has 1 aromatic rings. The first-order chi connectivity index (χ1) is 4.79. The Bertz CT molecular complexity index is 179. The van der Waals surface area contributed by atoms with Crippen molar-refractivity contribution in [2.45, 2.75) is 19.2 Å². The van der Waals surface area contributed by atoms with E-state index in [4.69, 9.17) is 7.85 Å². The predicted molar refractivity (Wildman–Crippen MR) is 45.3 cm³/mol. The molecule has 0 N–H and O–H groups in total. The van der Waals surface area contributed by atoms with E-state index >= 15 is 0 Å². The fourth-order valence-corrected chi connectivity index (χ4v) is 0.986. The van der Waals surface area contributed by atoms with Gasteiger partial charge in [-0.1, -0.05) is 43.1 Å². The van der Waals surface area contributed by atoms with Crippen molar-refractivity contribution >= 4 is 7.85 Å². The highest BCUT2D eigenvalue weighted by atomic mass is 13.9. The molecule has 1 atom stereocenters. The summed E-state index contributed by atoms with van der Waals surface area (Å²) in [6.45, 7) is 2.02. The summed E-state index contributed by atoms with van der Waals surface area (Å²) < 4.78 is 0. The van der Waals surface area contributed by atoms with Crippen LogP contribution in [0.1, 0.15) is 12.5 Å². The minimum Gasteiger partial charge on any atom is -0.0762 e. The van der Waals surface area contributed by atoms with E-state index in [0.29, 0.717) is 0 Å². The molecule has 0 aliphatic rings. The van der Waals surface area contributed by atoms with Gasteiger partial charge in [0.15, 0.2) is 0 Å². The van der Waals surface area contributed by atoms with Crippen LogP contribution in [0, 0.1) is 0 Å². The van der Waals surface area contributed by atoms with Gasteiger partial charge in [-0.25, -0.2) is 0 Å². The molecule has 0 bridgehead atoms. The lowest BCUT2D eigenvalue weighted by atomic mass is 9.84. The van der Waals surface area contributed by atoms with Crippen molar-refractivity contribution in [3.05, 3.63) is 35.9 Å². The highest BCUT2D eigenvalue weighted by molar-refractivity contribution is 6.11. The van der Waals surface area contributed by atoms with Gasteiger partial charge in [0.05, 0.1) is 7.85 Å². The van der Waals surface area contributed by atoms with Crippen LogP contribution in [0.25, 0.3) is 0 Å². The van der Waals surface area contributed by atoms with E-state index in [2.05, 4.69) is 12.1 Å². The van der Waals surface area contributed by atoms with Gasteiger partial charge in [-0.3, -0.25) is 0 Å². The van der Waals surface area contributed by atoms with Gasteiger partial charge in [-0.2, -0.15) is 0 Å². The van der Waals surface area contributed by atoms with Crippen molar-refractivity contribution in [3.8, 4) is 0 Å². The molecule has 1 aromatic carbocycles. The van der Waals surface area contributed by atoms with Crippen molar-refractivity contribution in [1.82, 2.24) is 0 Å². The van der Waals surface area contributed by atoms with Gasteiger partial charge in [-0.15, -0.1) is 0 Å². The lowest BCUT2D eigenvalue weighted by molar-refractivity contribution is 0.916. The largest absolute Gasteiger partial charge is 0.0762 e. The average molecular weight is 130 g/mol. The van der Waals surface area contributed by atoms with Crippen molar-refractivity contribution in [2.75, 3.05) is 0 Å². The Morgan fingerprint density at radius 1 is 1.30 bits per heavy atom. The smallest absolute Gasteiger partial charge is 0.0700 e. The monoisotopic (exact) mass is 130 g/mol. The van der Waals surface area contributed by atoms with Crippen molar-refractivity contribution < 1.29 is 0 Å². The van der Waals surface area contributed by atoms with Gasteiger partial charge in [0.1, 0.15) is 0 Å². The summed E-state index contributed by atoms with van der Waals surface area (Å²) in [4.78, 5) is 0. The Morgan fingerprint density at radius 2 is 1.90 bits per heavy atom. The molecule has 10 heavy (non-hydrogen) atoms. The van der Waals surface area contributed by atoms with Crippen molar-refractivity contribution in [1.29, 1.82) is 0 Å². The molecule has 0 saturated carbocycles. The SMILES string of the molecule is [B][C@H](C)Cc1ccccc1. The first-order valence-electron chi connectivity index (χ1n) is 3.58. The fraction of sp³-hybridized carbons (Fsp3) is 0.333. The highest BCUT2D eigenvalue weighted by Crippen LogP contribution is 2.08. The van der Waals surface area contributed by atoms with Gasteiger partial charge in [-0.05, 0) is 12.0 Å². The normalized spacial score (nSPS) is 12.9. The van der Waals surface area contributed by atoms with E-state index in [-0.39, 0.29) is 5.82 Å².